The number of hydrogen-bond donors (Lipinski definition) is 1. The molecule has 5 aromatic rings. The molecule has 0 bridgehead atoms. The molecular formula is C30H24BrClN2O. The van der Waals surface area contributed by atoms with Crippen LogP contribution < -0.4 is 0 Å². The van der Waals surface area contributed by atoms with Crippen LogP contribution in [0.2, 0.25) is 5.02 Å². The van der Waals surface area contributed by atoms with E-state index in [1.165, 1.54) is 0 Å². The summed E-state index contributed by atoms with van der Waals surface area (Å²) in [5.74, 6) is 0.546. The summed E-state index contributed by atoms with van der Waals surface area (Å²) in [7, 11) is 0. The van der Waals surface area contributed by atoms with Crippen LogP contribution in [-0.4, -0.2) is 21.5 Å². The molecule has 35 heavy (non-hydrogen) atoms. The Balaban J connectivity index is 1.67. The molecule has 1 saturated carbocycles. The molecule has 0 spiro atoms. The summed E-state index contributed by atoms with van der Waals surface area (Å²) in [5.41, 5.74) is 4.59. The van der Waals surface area contributed by atoms with Crippen LogP contribution in [0, 0.1) is 5.92 Å². The fraction of sp³-hybridized carbons (Fsp3) is 0.167. The Kier molecular flexibility index (Phi) is 5.76. The number of rotatable bonds is 6. The molecule has 0 amide bonds. The Hall–Kier alpha value is -2.92. The molecule has 0 radical (unpaired) electrons. The standard InChI is InChI=1S/C30H24BrClN2O/c31-29-25-18-34(33-27(25)17-26(32)28(29)24-16-20(24)19-35)30(21-10-4-1-5-11-21,22-12-6-2-7-13-22)23-14-8-3-9-15-23/h1-15,17-18,20,24,35H,16,19H2/t20-,24-/m0/s1. The predicted molar refractivity (Wildman–Crippen MR) is 145 cm³/mol. The number of nitrogens with zero attached hydrogens (tertiary/aromatic N) is 2. The number of halogens is 2. The quantitative estimate of drug-likeness (QED) is 0.227. The molecule has 1 aliphatic carbocycles. The van der Waals surface area contributed by atoms with Crippen LogP contribution in [0.25, 0.3) is 10.9 Å². The van der Waals surface area contributed by atoms with E-state index in [9.17, 15) is 5.11 Å². The smallest absolute Gasteiger partial charge is 0.138 e. The zero-order valence-electron chi connectivity index (χ0n) is 19.0. The second-order valence-electron chi connectivity index (χ2n) is 9.19. The molecule has 174 valence electrons. The number of aliphatic hydroxyl groups excluding tert-OH is 1. The van der Waals surface area contributed by atoms with Gasteiger partial charge < -0.3 is 5.11 Å². The van der Waals surface area contributed by atoms with Crippen molar-refractivity contribution in [2.75, 3.05) is 6.61 Å². The van der Waals surface area contributed by atoms with Gasteiger partial charge in [0.25, 0.3) is 0 Å². The van der Waals surface area contributed by atoms with Crippen LogP contribution >= 0.6 is 27.5 Å². The van der Waals surface area contributed by atoms with E-state index in [1.807, 2.05) is 24.3 Å². The first-order valence-corrected chi connectivity index (χ1v) is 13.0. The van der Waals surface area contributed by atoms with E-state index in [0.29, 0.717) is 5.02 Å². The molecule has 1 N–H and O–H groups in total. The Labute approximate surface area is 218 Å². The first kappa shape index (κ1) is 22.5. The van der Waals surface area contributed by atoms with Crippen LogP contribution in [0.5, 0.6) is 0 Å². The van der Waals surface area contributed by atoms with E-state index in [-0.39, 0.29) is 18.4 Å². The highest BCUT2D eigenvalue weighted by molar-refractivity contribution is 9.10. The summed E-state index contributed by atoms with van der Waals surface area (Å²) in [5, 5.41) is 16.5. The van der Waals surface area contributed by atoms with Gasteiger partial charge in [-0.2, -0.15) is 5.10 Å². The third kappa shape index (κ3) is 3.63. The Morgan fingerprint density at radius 3 is 1.86 bits per heavy atom. The maximum absolute atomic E-state index is 9.65. The minimum Gasteiger partial charge on any atom is -0.396 e. The van der Waals surface area contributed by atoms with E-state index in [0.717, 1.165) is 44.1 Å². The Bertz CT molecular complexity index is 1390. The maximum atomic E-state index is 9.65. The monoisotopic (exact) mass is 542 g/mol. The van der Waals surface area contributed by atoms with Crippen LogP contribution in [0.4, 0.5) is 0 Å². The molecule has 1 aromatic heterocycles. The molecule has 3 nitrogen and oxygen atoms in total. The largest absolute Gasteiger partial charge is 0.396 e. The van der Waals surface area contributed by atoms with Crippen molar-refractivity contribution in [2.45, 2.75) is 17.9 Å². The maximum Gasteiger partial charge on any atom is 0.138 e. The molecule has 0 unspecified atom stereocenters. The lowest BCUT2D eigenvalue weighted by atomic mass is 9.77. The van der Waals surface area contributed by atoms with Crippen LogP contribution in [0.1, 0.15) is 34.6 Å². The van der Waals surface area contributed by atoms with Gasteiger partial charge in [0, 0.05) is 27.7 Å². The topological polar surface area (TPSA) is 38.1 Å². The lowest BCUT2D eigenvalue weighted by molar-refractivity contribution is 0.274. The minimum absolute atomic E-state index is 0.184. The van der Waals surface area contributed by atoms with E-state index in [2.05, 4.69) is 99.6 Å². The van der Waals surface area contributed by atoms with Gasteiger partial charge in [0.05, 0.1) is 5.52 Å². The summed E-state index contributed by atoms with van der Waals surface area (Å²) in [6.45, 7) is 0.184. The molecule has 4 aromatic carbocycles. The second-order valence-corrected chi connectivity index (χ2v) is 10.4. The minimum atomic E-state index is -0.678. The van der Waals surface area contributed by atoms with Gasteiger partial charge in [0.2, 0.25) is 0 Å². The highest BCUT2D eigenvalue weighted by Gasteiger charge is 2.42. The normalized spacial score (nSPS) is 17.6. The number of aliphatic hydroxyl groups is 1. The Morgan fingerprint density at radius 2 is 1.40 bits per heavy atom. The van der Waals surface area contributed by atoms with Crippen LogP contribution in [0.15, 0.2) is 108 Å². The number of fused-ring (bicyclic) bond motifs is 1. The van der Waals surface area contributed by atoms with Crippen LogP contribution in [0.3, 0.4) is 0 Å². The average molecular weight is 544 g/mol. The molecule has 2 atom stereocenters. The summed E-state index contributed by atoms with van der Waals surface area (Å²) < 4.78 is 3.05. The van der Waals surface area contributed by atoms with E-state index in [1.54, 1.807) is 0 Å². The molecule has 1 aliphatic rings. The van der Waals surface area contributed by atoms with Gasteiger partial charge in [0.1, 0.15) is 5.54 Å². The van der Waals surface area contributed by atoms with Gasteiger partial charge >= 0.3 is 0 Å². The zero-order valence-corrected chi connectivity index (χ0v) is 21.3. The van der Waals surface area contributed by atoms with Gasteiger partial charge in [-0.05, 0) is 62.5 Å². The molecule has 1 fully saturated rings. The van der Waals surface area contributed by atoms with Gasteiger partial charge in [-0.1, -0.05) is 103 Å². The predicted octanol–water partition coefficient (Wildman–Crippen LogP) is 7.39. The highest BCUT2D eigenvalue weighted by atomic mass is 79.9. The van der Waals surface area contributed by atoms with Crippen molar-refractivity contribution in [3.63, 3.8) is 0 Å². The van der Waals surface area contributed by atoms with E-state index < -0.39 is 5.54 Å². The fourth-order valence-electron chi connectivity index (χ4n) is 5.36. The first-order valence-electron chi connectivity index (χ1n) is 11.8. The van der Waals surface area contributed by atoms with Crippen molar-refractivity contribution in [1.82, 2.24) is 9.78 Å². The molecule has 5 heteroatoms. The molecule has 0 aliphatic heterocycles. The second kappa shape index (κ2) is 8.94. The van der Waals surface area contributed by atoms with Gasteiger partial charge in [0.15, 0.2) is 0 Å². The van der Waals surface area contributed by atoms with Crippen molar-refractivity contribution in [3.05, 3.63) is 135 Å². The molecule has 6 rings (SSSR count). The third-order valence-electron chi connectivity index (χ3n) is 7.18. The lowest BCUT2D eigenvalue weighted by Gasteiger charge is -2.36. The summed E-state index contributed by atoms with van der Waals surface area (Å²) in [4.78, 5) is 0. The summed E-state index contributed by atoms with van der Waals surface area (Å²) in [6, 6.07) is 33.5. The SMILES string of the molecule is OC[C@@H]1C[C@@H]1c1c(Cl)cc2nn(C(c3ccccc3)(c3ccccc3)c3ccccc3)cc2c1Br. The molecular weight excluding hydrogens is 520 g/mol. The average Bonchev–Trinajstić information content (AvgIpc) is 3.55. The summed E-state index contributed by atoms with van der Waals surface area (Å²) in [6.07, 6.45) is 3.08. The third-order valence-corrected chi connectivity index (χ3v) is 8.35. The number of benzene rings is 4. The van der Waals surface area contributed by atoms with E-state index in [4.69, 9.17) is 16.7 Å². The van der Waals surface area contributed by atoms with E-state index >= 15 is 0 Å². The lowest BCUT2D eigenvalue weighted by Crippen LogP contribution is -2.38. The fourth-order valence-corrected chi connectivity index (χ4v) is 6.63. The van der Waals surface area contributed by atoms with Crippen molar-refractivity contribution < 1.29 is 5.11 Å². The number of hydrogen-bond acceptors (Lipinski definition) is 2. The van der Waals surface area contributed by atoms with Crippen molar-refractivity contribution in [2.24, 2.45) is 5.92 Å². The molecule has 1 heterocycles. The Morgan fingerprint density at radius 1 is 0.886 bits per heavy atom. The van der Waals surface area contributed by atoms with Gasteiger partial charge in [-0.3, -0.25) is 4.68 Å². The molecule has 0 saturated heterocycles. The highest BCUT2D eigenvalue weighted by Crippen LogP contribution is 2.53. The van der Waals surface area contributed by atoms with Crippen molar-refractivity contribution in [1.29, 1.82) is 0 Å². The van der Waals surface area contributed by atoms with Gasteiger partial charge in [-0.25, -0.2) is 0 Å². The number of aromatic nitrogens is 2. The van der Waals surface area contributed by atoms with Crippen LogP contribution in [-0.2, 0) is 5.54 Å². The van der Waals surface area contributed by atoms with Gasteiger partial charge in [-0.15, -0.1) is 0 Å². The first-order chi connectivity index (χ1) is 17.1. The zero-order chi connectivity index (χ0) is 24.0. The van der Waals surface area contributed by atoms with Crippen molar-refractivity contribution in [3.8, 4) is 0 Å². The summed E-state index contributed by atoms with van der Waals surface area (Å²) >= 11 is 10.6. The van der Waals surface area contributed by atoms with Crippen molar-refractivity contribution >= 4 is 38.4 Å².